The van der Waals surface area contributed by atoms with Crippen molar-refractivity contribution < 1.29 is 14.3 Å². The Morgan fingerprint density at radius 2 is 2.03 bits per heavy atom. The molecule has 2 heterocycles. The summed E-state index contributed by atoms with van der Waals surface area (Å²) in [7, 11) is 1.47. The van der Waals surface area contributed by atoms with Crippen molar-refractivity contribution in [2.24, 2.45) is 5.73 Å². The van der Waals surface area contributed by atoms with E-state index < -0.39 is 0 Å². The number of H-pyrrole nitrogens is 1. The van der Waals surface area contributed by atoms with E-state index in [9.17, 15) is 4.79 Å². The van der Waals surface area contributed by atoms with E-state index in [1.165, 1.54) is 33.0 Å². The average Bonchev–Trinajstić information content (AvgIpc) is 3.33. The summed E-state index contributed by atoms with van der Waals surface area (Å²) in [6.45, 7) is 7.97. The first-order valence-corrected chi connectivity index (χ1v) is 10.2. The predicted molar refractivity (Wildman–Crippen MR) is 114 cm³/mol. The van der Waals surface area contributed by atoms with Gasteiger partial charge in [-0.2, -0.15) is 0 Å². The number of likely N-dealkylation sites (tertiary alicyclic amines) is 1. The van der Waals surface area contributed by atoms with E-state index >= 15 is 0 Å². The van der Waals surface area contributed by atoms with Crippen molar-refractivity contribution in [3.63, 3.8) is 0 Å². The van der Waals surface area contributed by atoms with E-state index in [1.807, 2.05) is 26.0 Å². The minimum atomic E-state index is -0.378. The van der Waals surface area contributed by atoms with Gasteiger partial charge < -0.3 is 25.1 Å². The van der Waals surface area contributed by atoms with Crippen LogP contribution in [0.2, 0.25) is 0 Å². The van der Waals surface area contributed by atoms with E-state index in [0.29, 0.717) is 23.8 Å². The number of nitrogens with one attached hydrogen (secondary N) is 2. The van der Waals surface area contributed by atoms with Crippen LogP contribution >= 0.6 is 0 Å². The van der Waals surface area contributed by atoms with Gasteiger partial charge in [0, 0.05) is 31.1 Å². The molecule has 158 valence electrons. The molecule has 0 radical (unpaired) electrons. The fourth-order valence-corrected chi connectivity index (χ4v) is 3.50. The Bertz CT molecular complexity index is 871. The van der Waals surface area contributed by atoms with Crippen LogP contribution in [0.3, 0.4) is 0 Å². The molecule has 1 aromatic carbocycles. The molecule has 0 unspecified atom stereocenters. The summed E-state index contributed by atoms with van der Waals surface area (Å²) in [4.78, 5) is 19.2. The Kier molecular flexibility index (Phi) is 6.64. The molecule has 1 amide bonds. The lowest BCUT2D eigenvalue weighted by molar-refractivity contribution is 0.0864. The number of fused-ring (bicyclic) bond motifs is 1. The number of guanidine groups is 1. The van der Waals surface area contributed by atoms with Crippen molar-refractivity contribution in [3.05, 3.63) is 23.9 Å². The summed E-state index contributed by atoms with van der Waals surface area (Å²) >= 11 is 0. The largest absolute Gasteiger partial charge is 0.493 e. The molecule has 0 atom stereocenters. The fraction of sp³-hybridized carbons (Fsp3) is 0.524. The van der Waals surface area contributed by atoms with Gasteiger partial charge in [0.1, 0.15) is 17.2 Å². The summed E-state index contributed by atoms with van der Waals surface area (Å²) in [5.74, 6) is 0.676. The minimum Gasteiger partial charge on any atom is -0.493 e. The summed E-state index contributed by atoms with van der Waals surface area (Å²) in [5.41, 5.74) is 6.52. The maximum absolute atomic E-state index is 12.5. The number of aromatic amines is 1. The highest BCUT2D eigenvalue weighted by atomic mass is 16.5. The van der Waals surface area contributed by atoms with Gasteiger partial charge in [-0.3, -0.25) is 15.1 Å². The van der Waals surface area contributed by atoms with Gasteiger partial charge in [-0.05, 0) is 52.3 Å². The SMILES string of the molecule is CC(C)Oc1cc(OCCCN2CCCC2)cc2[nH]c(C(=O)N(C)C(=N)N)cc12. The molecule has 1 fully saturated rings. The number of nitrogens with two attached hydrogens (primary N) is 1. The number of amides is 1. The van der Waals surface area contributed by atoms with Crippen molar-refractivity contribution in [2.75, 3.05) is 33.3 Å². The first kappa shape index (κ1) is 21.0. The topological polar surface area (TPSA) is 108 Å². The number of ether oxygens (including phenoxy) is 2. The Morgan fingerprint density at radius 1 is 1.31 bits per heavy atom. The van der Waals surface area contributed by atoms with E-state index in [2.05, 4.69) is 9.88 Å². The summed E-state index contributed by atoms with van der Waals surface area (Å²) in [6.07, 6.45) is 3.54. The Morgan fingerprint density at radius 3 is 2.69 bits per heavy atom. The molecule has 0 saturated carbocycles. The van der Waals surface area contributed by atoms with Gasteiger partial charge in [-0.25, -0.2) is 0 Å². The number of rotatable bonds is 8. The van der Waals surface area contributed by atoms with Gasteiger partial charge in [0.15, 0.2) is 5.96 Å². The van der Waals surface area contributed by atoms with Gasteiger partial charge in [0.05, 0.1) is 18.2 Å². The second kappa shape index (κ2) is 9.17. The van der Waals surface area contributed by atoms with Gasteiger partial charge in [-0.15, -0.1) is 0 Å². The lowest BCUT2D eigenvalue weighted by Gasteiger charge is -2.15. The Hall–Kier alpha value is -2.74. The van der Waals surface area contributed by atoms with Crippen molar-refractivity contribution in [1.29, 1.82) is 5.41 Å². The molecule has 3 rings (SSSR count). The van der Waals surface area contributed by atoms with Crippen LogP contribution in [0.15, 0.2) is 18.2 Å². The van der Waals surface area contributed by atoms with E-state index in [4.69, 9.17) is 20.6 Å². The summed E-state index contributed by atoms with van der Waals surface area (Å²) < 4.78 is 11.9. The monoisotopic (exact) mass is 401 g/mol. The lowest BCUT2D eigenvalue weighted by atomic mass is 10.2. The molecule has 1 aliphatic heterocycles. The summed E-state index contributed by atoms with van der Waals surface area (Å²) in [5, 5.41) is 8.26. The van der Waals surface area contributed by atoms with Crippen LogP contribution in [-0.2, 0) is 0 Å². The van der Waals surface area contributed by atoms with Crippen LogP contribution < -0.4 is 15.2 Å². The minimum absolute atomic E-state index is 0.0161. The van der Waals surface area contributed by atoms with E-state index in [-0.39, 0.29) is 18.0 Å². The normalized spacial score (nSPS) is 14.5. The highest BCUT2D eigenvalue weighted by Crippen LogP contribution is 2.33. The Balaban J connectivity index is 1.77. The van der Waals surface area contributed by atoms with Crippen LogP contribution in [-0.4, -0.2) is 66.0 Å². The van der Waals surface area contributed by atoms with Gasteiger partial charge in [0.25, 0.3) is 5.91 Å². The smallest absolute Gasteiger partial charge is 0.276 e. The summed E-state index contributed by atoms with van der Waals surface area (Å²) in [6, 6.07) is 5.48. The maximum atomic E-state index is 12.5. The number of nitrogens with zero attached hydrogens (tertiary/aromatic N) is 2. The van der Waals surface area contributed by atoms with Crippen LogP contribution in [0.1, 0.15) is 43.6 Å². The van der Waals surface area contributed by atoms with Crippen LogP contribution in [0.4, 0.5) is 0 Å². The van der Waals surface area contributed by atoms with Crippen molar-refractivity contribution >= 4 is 22.8 Å². The molecule has 8 heteroatoms. The second-order valence-electron chi connectivity index (χ2n) is 7.73. The lowest BCUT2D eigenvalue weighted by Crippen LogP contribution is -2.38. The first-order valence-electron chi connectivity index (χ1n) is 10.2. The highest BCUT2D eigenvalue weighted by molar-refractivity contribution is 6.06. The molecule has 4 N–H and O–H groups in total. The molecular weight excluding hydrogens is 370 g/mol. The van der Waals surface area contributed by atoms with Gasteiger partial charge in [-0.1, -0.05) is 0 Å². The molecule has 1 aliphatic rings. The maximum Gasteiger partial charge on any atom is 0.276 e. The van der Waals surface area contributed by atoms with Crippen LogP contribution in [0, 0.1) is 5.41 Å². The zero-order valence-electron chi connectivity index (χ0n) is 17.5. The van der Waals surface area contributed by atoms with Gasteiger partial charge in [0.2, 0.25) is 0 Å². The van der Waals surface area contributed by atoms with Crippen LogP contribution in [0.25, 0.3) is 10.9 Å². The third-order valence-electron chi connectivity index (χ3n) is 5.02. The molecule has 0 bridgehead atoms. The average molecular weight is 402 g/mol. The zero-order valence-corrected chi connectivity index (χ0v) is 17.5. The highest BCUT2D eigenvalue weighted by Gasteiger charge is 2.19. The van der Waals surface area contributed by atoms with Gasteiger partial charge >= 0.3 is 0 Å². The second-order valence-corrected chi connectivity index (χ2v) is 7.73. The number of carbonyl (C=O) groups excluding carboxylic acids is 1. The quantitative estimate of drug-likeness (QED) is 0.358. The zero-order chi connectivity index (χ0) is 21.0. The molecular formula is C21H31N5O3. The van der Waals surface area contributed by atoms with E-state index in [1.54, 1.807) is 6.07 Å². The van der Waals surface area contributed by atoms with Crippen molar-refractivity contribution in [1.82, 2.24) is 14.8 Å². The predicted octanol–water partition coefficient (Wildman–Crippen LogP) is 2.79. The molecule has 1 aromatic heterocycles. The van der Waals surface area contributed by atoms with E-state index in [0.717, 1.165) is 28.8 Å². The fourth-order valence-electron chi connectivity index (χ4n) is 3.50. The number of benzene rings is 1. The molecule has 2 aromatic rings. The Labute approximate surface area is 171 Å². The number of carbonyl (C=O) groups is 1. The van der Waals surface area contributed by atoms with Crippen LogP contribution in [0.5, 0.6) is 11.5 Å². The number of aromatic nitrogens is 1. The molecule has 0 aliphatic carbocycles. The molecule has 29 heavy (non-hydrogen) atoms. The number of hydrogen-bond donors (Lipinski definition) is 3. The molecule has 0 spiro atoms. The number of hydrogen-bond acceptors (Lipinski definition) is 5. The third-order valence-corrected chi connectivity index (χ3v) is 5.02. The van der Waals surface area contributed by atoms with Crippen molar-refractivity contribution in [3.8, 4) is 11.5 Å². The molecule has 8 nitrogen and oxygen atoms in total. The first-order chi connectivity index (χ1) is 13.8. The standard InChI is InChI=1S/C21H31N5O3/c1-14(2)29-19-12-15(28-10-6-9-26-7-4-5-8-26)11-17-16(19)13-18(24-17)20(27)25(3)21(22)23/h11-14,24H,4-10H2,1-3H3,(H3,22,23). The van der Waals surface area contributed by atoms with Crippen molar-refractivity contribution in [2.45, 2.75) is 39.2 Å². The molecule has 1 saturated heterocycles. The third kappa shape index (κ3) is 5.20.